The van der Waals surface area contributed by atoms with Crippen LogP contribution in [0, 0.1) is 0 Å². The molecule has 0 aliphatic carbocycles. The van der Waals surface area contributed by atoms with Crippen LogP contribution < -0.4 is 10.1 Å². The third kappa shape index (κ3) is 4.25. The third-order valence-electron chi connectivity index (χ3n) is 2.91. The van der Waals surface area contributed by atoms with Crippen LogP contribution in [-0.2, 0) is 12.2 Å². The van der Waals surface area contributed by atoms with Crippen LogP contribution in [0.15, 0.2) is 33.7 Å². The molecule has 20 heavy (non-hydrogen) atoms. The zero-order valence-electron chi connectivity index (χ0n) is 11.9. The SMILES string of the molecule is CNC(C)Cc1noc(CSc2ccc(OC)cc2)n1. The number of rotatable bonds is 7. The molecule has 0 radical (unpaired) electrons. The van der Waals surface area contributed by atoms with Gasteiger partial charge >= 0.3 is 0 Å². The summed E-state index contributed by atoms with van der Waals surface area (Å²) in [6.07, 6.45) is 0.771. The van der Waals surface area contributed by atoms with Crippen LogP contribution in [0.1, 0.15) is 18.6 Å². The maximum absolute atomic E-state index is 5.24. The molecule has 0 spiro atoms. The standard InChI is InChI=1S/C14H19N3O2S/c1-10(15-2)8-13-16-14(19-17-13)9-20-12-6-4-11(18-3)5-7-12/h4-7,10,15H,8-9H2,1-3H3. The van der Waals surface area contributed by atoms with E-state index in [1.54, 1.807) is 18.9 Å². The van der Waals surface area contributed by atoms with E-state index in [4.69, 9.17) is 9.26 Å². The fourth-order valence-corrected chi connectivity index (χ4v) is 2.36. The highest BCUT2D eigenvalue weighted by atomic mass is 32.2. The minimum absolute atomic E-state index is 0.342. The van der Waals surface area contributed by atoms with Crippen molar-refractivity contribution in [2.45, 2.75) is 30.0 Å². The predicted molar refractivity (Wildman–Crippen MR) is 79.1 cm³/mol. The van der Waals surface area contributed by atoms with E-state index in [0.29, 0.717) is 17.7 Å². The number of likely N-dealkylation sites (N-methyl/N-ethyl adjacent to an activating group) is 1. The van der Waals surface area contributed by atoms with Gasteiger partial charge in [0.25, 0.3) is 0 Å². The van der Waals surface area contributed by atoms with Crippen LogP contribution >= 0.6 is 11.8 Å². The highest BCUT2D eigenvalue weighted by molar-refractivity contribution is 7.98. The monoisotopic (exact) mass is 293 g/mol. The van der Waals surface area contributed by atoms with E-state index in [9.17, 15) is 0 Å². The number of thioether (sulfide) groups is 1. The van der Waals surface area contributed by atoms with Crippen LogP contribution in [0.5, 0.6) is 5.75 Å². The lowest BCUT2D eigenvalue weighted by atomic mass is 10.2. The topological polar surface area (TPSA) is 60.2 Å². The number of hydrogen-bond donors (Lipinski definition) is 1. The minimum Gasteiger partial charge on any atom is -0.497 e. The Labute approximate surface area is 123 Å². The number of hydrogen-bond acceptors (Lipinski definition) is 6. The Bertz CT molecular complexity index is 527. The van der Waals surface area contributed by atoms with Gasteiger partial charge in [0.15, 0.2) is 5.82 Å². The van der Waals surface area contributed by atoms with Crippen molar-refractivity contribution in [2.24, 2.45) is 0 Å². The van der Waals surface area contributed by atoms with Gasteiger partial charge in [-0.3, -0.25) is 0 Å². The van der Waals surface area contributed by atoms with Crippen LogP contribution in [0.2, 0.25) is 0 Å². The maximum atomic E-state index is 5.24. The minimum atomic E-state index is 0.342. The number of nitrogens with zero attached hydrogens (tertiary/aromatic N) is 2. The van der Waals surface area contributed by atoms with Gasteiger partial charge in [0.05, 0.1) is 12.9 Å². The Kier molecular flexibility index (Phi) is 5.43. The first-order chi connectivity index (χ1) is 9.71. The normalized spacial score (nSPS) is 12.3. The molecule has 1 aromatic carbocycles. The molecule has 1 N–H and O–H groups in total. The Balaban J connectivity index is 1.87. The fourth-order valence-electron chi connectivity index (χ4n) is 1.62. The van der Waals surface area contributed by atoms with Gasteiger partial charge in [0.2, 0.25) is 5.89 Å². The second kappa shape index (κ2) is 7.31. The van der Waals surface area contributed by atoms with Crippen LogP contribution in [0.4, 0.5) is 0 Å². The summed E-state index contributed by atoms with van der Waals surface area (Å²) in [5.41, 5.74) is 0. The van der Waals surface area contributed by atoms with Crippen molar-refractivity contribution in [1.82, 2.24) is 15.5 Å². The molecule has 1 heterocycles. The molecule has 0 saturated carbocycles. The quantitative estimate of drug-likeness (QED) is 0.792. The number of benzene rings is 1. The number of nitrogens with one attached hydrogen (secondary N) is 1. The molecule has 0 saturated heterocycles. The zero-order chi connectivity index (χ0) is 14.4. The van der Waals surface area contributed by atoms with E-state index < -0.39 is 0 Å². The van der Waals surface area contributed by atoms with Gasteiger partial charge in [-0.25, -0.2) is 0 Å². The summed E-state index contributed by atoms with van der Waals surface area (Å²) in [7, 11) is 3.58. The van der Waals surface area contributed by atoms with Crippen molar-refractivity contribution in [3.8, 4) is 5.75 Å². The van der Waals surface area contributed by atoms with Crippen molar-refractivity contribution in [3.05, 3.63) is 36.0 Å². The Hall–Kier alpha value is -1.53. The lowest BCUT2D eigenvalue weighted by Crippen LogP contribution is -2.24. The maximum Gasteiger partial charge on any atom is 0.237 e. The van der Waals surface area contributed by atoms with E-state index in [1.165, 1.54) is 0 Å². The predicted octanol–water partition coefficient (Wildman–Crippen LogP) is 2.52. The molecule has 2 aromatic rings. The van der Waals surface area contributed by atoms with Crippen LogP contribution in [-0.4, -0.2) is 30.3 Å². The highest BCUT2D eigenvalue weighted by Gasteiger charge is 2.09. The third-order valence-corrected chi connectivity index (χ3v) is 3.91. The van der Waals surface area contributed by atoms with Crippen molar-refractivity contribution in [1.29, 1.82) is 0 Å². The average molecular weight is 293 g/mol. The van der Waals surface area contributed by atoms with E-state index in [2.05, 4.69) is 22.4 Å². The molecule has 0 aliphatic heterocycles. The van der Waals surface area contributed by atoms with E-state index >= 15 is 0 Å². The molecule has 2 rings (SSSR count). The van der Waals surface area contributed by atoms with Gasteiger partial charge in [-0.15, -0.1) is 11.8 Å². The Morgan fingerprint density at radius 1 is 1.35 bits per heavy atom. The second-order valence-corrected chi connectivity index (χ2v) is 5.51. The molecule has 0 bridgehead atoms. The van der Waals surface area contributed by atoms with Crippen LogP contribution in [0.3, 0.4) is 0 Å². The Morgan fingerprint density at radius 3 is 2.75 bits per heavy atom. The van der Waals surface area contributed by atoms with Gasteiger partial charge in [0, 0.05) is 17.4 Å². The summed E-state index contributed by atoms with van der Waals surface area (Å²) in [6.45, 7) is 2.09. The lowest BCUT2D eigenvalue weighted by Gasteiger charge is -2.04. The first-order valence-corrected chi connectivity index (χ1v) is 7.45. The molecule has 108 valence electrons. The van der Waals surface area contributed by atoms with Crippen molar-refractivity contribution < 1.29 is 9.26 Å². The Morgan fingerprint density at radius 2 is 2.10 bits per heavy atom. The summed E-state index contributed by atoms with van der Waals surface area (Å²) in [5.74, 6) is 2.93. The number of ether oxygens (including phenoxy) is 1. The molecule has 6 heteroatoms. The van der Waals surface area contributed by atoms with E-state index in [-0.39, 0.29) is 0 Å². The largest absolute Gasteiger partial charge is 0.497 e. The molecule has 1 unspecified atom stereocenters. The zero-order valence-corrected chi connectivity index (χ0v) is 12.7. The second-order valence-electron chi connectivity index (χ2n) is 4.46. The molecular formula is C14H19N3O2S. The van der Waals surface area contributed by atoms with E-state index in [1.807, 2.05) is 31.3 Å². The van der Waals surface area contributed by atoms with Crippen LogP contribution in [0.25, 0.3) is 0 Å². The smallest absolute Gasteiger partial charge is 0.237 e. The van der Waals surface area contributed by atoms with Crippen molar-refractivity contribution >= 4 is 11.8 Å². The number of methoxy groups -OCH3 is 1. The van der Waals surface area contributed by atoms with E-state index in [0.717, 1.165) is 22.9 Å². The summed E-state index contributed by atoms with van der Waals surface area (Å²) < 4.78 is 10.4. The van der Waals surface area contributed by atoms with Gasteiger partial charge in [-0.2, -0.15) is 4.98 Å². The molecule has 0 fully saturated rings. The van der Waals surface area contributed by atoms with Gasteiger partial charge in [-0.1, -0.05) is 5.16 Å². The summed E-state index contributed by atoms with van der Waals surface area (Å²) >= 11 is 1.66. The summed E-state index contributed by atoms with van der Waals surface area (Å²) in [6, 6.07) is 8.26. The lowest BCUT2D eigenvalue weighted by molar-refractivity contribution is 0.382. The van der Waals surface area contributed by atoms with Crippen molar-refractivity contribution in [3.63, 3.8) is 0 Å². The fraction of sp³-hybridized carbons (Fsp3) is 0.429. The molecule has 1 atom stereocenters. The molecule has 0 aliphatic rings. The molecule has 5 nitrogen and oxygen atoms in total. The average Bonchev–Trinajstić information content (AvgIpc) is 2.93. The van der Waals surface area contributed by atoms with Gasteiger partial charge < -0.3 is 14.6 Å². The molecular weight excluding hydrogens is 274 g/mol. The number of aromatic nitrogens is 2. The van der Waals surface area contributed by atoms with Crippen molar-refractivity contribution in [2.75, 3.05) is 14.2 Å². The van der Waals surface area contributed by atoms with Gasteiger partial charge in [-0.05, 0) is 38.2 Å². The summed E-state index contributed by atoms with van der Waals surface area (Å²) in [4.78, 5) is 5.53. The molecule has 0 amide bonds. The first-order valence-electron chi connectivity index (χ1n) is 6.47. The van der Waals surface area contributed by atoms with Gasteiger partial charge in [0.1, 0.15) is 5.75 Å². The molecule has 1 aromatic heterocycles. The highest BCUT2D eigenvalue weighted by Crippen LogP contribution is 2.24. The summed E-state index contributed by atoms with van der Waals surface area (Å²) in [5, 5.41) is 7.14. The first kappa shape index (κ1) is 14.9.